The lowest BCUT2D eigenvalue weighted by Gasteiger charge is -2.05. The lowest BCUT2D eigenvalue weighted by Crippen LogP contribution is -2.08. The van der Waals surface area contributed by atoms with Crippen molar-refractivity contribution in [3.8, 4) is 11.4 Å². The Balaban J connectivity index is 2.10. The van der Waals surface area contributed by atoms with Crippen molar-refractivity contribution in [2.75, 3.05) is 5.32 Å². The van der Waals surface area contributed by atoms with E-state index in [1.165, 1.54) is 17.6 Å². The molecule has 0 radical (unpaired) electrons. The number of nitrogens with one attached hydrogen (secondary N) is 1. The van der Waals surface area contributed by atoms with Gasteiger partial charge in [-0.05, 0) is 31.4 Å². The van der Waals surface area contributed by atoms with Crippen LogP contribution in [0.3, 0.4) is 0 Å². The van der Waals surface area contributed by atoms with Crippen molar-refractivity contribution in [1.29, 1.82) is 0 Å². The molecule has 0 spiro atoms. The third kappa shape index (κ3) is 2.36. The maximum atomic E-state index is 13.8. The Morgan fingerprint density at radius 3 is 2.60 bits per heavy atom. The summed E-state index contributed by atoms with van der Waals surface area (Å²) in [5.74, 6) is 0.412. The van der Waals surface area contributed by atoms with Crippen molar-refractivity contribution < 1.29 is 4.39 Å². The highest BCUT2D eigenvalue weighted by molar-refractivity contribution is 7.09. The molecule has 0 aliphatic rings. The molecule has 0 unspecified atom stereocenters. The summed E-state index contributed by atoms with van der Waals surface area (Å²) in [5, 5.41) is 5.44. The van der Waals surface area contributed by atoms with Gasteiger partial charge in [-0.25, -0.2) is 4.39 Å². The predicted molar refractivity (Wildman–Crippen MR) is 81.6 cm³/mol. The summed E-state index contributed by atoms with van der Waals surface area (Å²) < 4.78 is 18.2. The molecule has 5 heteroatoms. The molecule has 1 N–H and O–H groups in total. The Hall–Kier alpha value is -2.01. The molecule has 0 saturated carbocycles. The van der Waals surface area contributed by atoms with E-state index in [1.54, 1.807) is 12.1 Å². The average molecular weight is 287 g/mol. The highest BCUT2D eigenvalue weighted by atomic mass is 32.1. The molecule has 0 bridgehead atoms. The smallest absolute Gasteiger partial charge is 0.203 e. The summed E-state index contributed by atoms with van der Waals surface area (Å²) >= 11 is 1.32. The molecule has 0 amide bonds. The first-order valence-electron chi connectivity index (χ1n) is 6.43. The zero-order valence-corrected chi connectivity index (χ0v) is 12.0. The first-order chi connectivity index (χ1) is 9.65. The van der Waals surface area contributed by atoms with Crippen LogP contribution in [0.4, 0.5) is 9.52 Å². The van der Waals surface area contributed by atoms with Gasteiger partial charge < -0.3 is 5.32 Å². The number of hydrogen-bond donors (Lipinski definition) is 1. The number of hydrogen-bond acceptors (Lipinski definition) is 4. The molecule has 0 saturated heterocycles. The van der Waals surface area contributed by atoms with Gasteiger partial charge in [-0.3, -0.25) is 0 Å². The molecular weight excluding hydrogens is 273 g/mol. The molecule has 0 aliphatic heterocycles. The summed E-state index contributed by atoms with van der Waals surface area (Å²) in [6.07, 6.45) is 0. The maximum absolute atomic E-state index is 13.8. The molecule has 1 heterocycles. The Bertz CT molecular complexity index is 752. The fourth-order valence-corrected chi connectivity index (χ4v) is 2.82. The van der Waals surface area contributed by atoms with E-state index in [0.29, 0.717) is 17.3 Å². The van der Waals surface area contributed by atoms with Crippen LogP contribution in [0.25, 0.3) is 22.2 Å². The summed E-state index contributed by atoms with van der Waals surface area (Å²) in [6.45, 7) is 4.10. The lowest BCUT2D eigenvalue weighted by atomic mass is 10.0. The van der Waals surface area contributed by atoms with Gasteiger partial charge in [-0.2, -0.15) is 9.36 Å². The van der Waals surface area contributed by atoms with Crippen molar-refractivity contribution in [1.82, 2.24) is 9.36 Å². The van der Waals surface area contributed by atoms with E-state index >= 15 is 0 Å². The SMILES string of the molecule is CC(C)Nc1nc(-c2ccc(F)c3ccccc23)ns1. The molecule has 3 rings (SSSR count). The Morgan fingerprint density at radius 1 is 1.10 bits per heavy atom. The van der Waals surface area contributed by atoms with Gasteiger partial charge in [0.2, 0.25) is 5.13 Å². The molecule has 20 heavy (non-hydrogen) atoms. The van der Waals surface area contributed by atoms with Crippen molar-refractivity contribution in [2.24, 2.45) is 0 Å². The van der Waals surface area contributed by atoms with Gasteiger partial charge in [0.1, 0.15) is 5.82 Å². The van der Waals surface area contributed by atoms with Crippen LogP contribution in [0, 0.1) is 5.82 Å². The van der Waals surface area contributed by atoms with Gasteiger partial charge in [0.05, 0.1) is 0 Å². The van der Waals surface area contributed by atoms with Gasteiger partial charge in [0.25, 0.3) is 0 Å². The van der Waals surface area contributed by atoms with Crippen LogP contribution < -0.4 is 5.32 Å². The second kappa shape index (κ2) is 5.17. The van der Waals surface area contributed by atoms with E-state index in [1.807, 2.05) is 32.0 Å². The van der Waals surface area contributed by atoms with E-state index < -0.39 is 0 Å². The number of rotatable bonds is 3. The van der Waals surface area contributed by atoms with Crippen LogP contribution in [-0.4, -0.2) is 15.4 Å². The van der Waals surface area contributed by atoms with E-state index in [0.717, 1.165) is 16.1 Å². The first kappa shape index (κ1) is 13.0. The Labute approximate surface area is 120 Å². The standard InChI is InChI=1S/C15H14FN3S/c1-9(2)17-15-18-14(19-20-15)12-7-8-13(16)11-6-4-3-5-10(11)12/h3-9H,1-2H3,(H,17,18,19). The number of halogens is 1. The molecule has 0 fully saturated rings. The third-order valence-corrected chi connectivity index (χ3v) is 3.60. The summed E-state index contributed by atoms with van der Waals surface area (Å²) in [4.78, 5) is 4.47. The number of benzene rings is 2. The van der Waals surface area contributed by atoms with Crippen LogP contribution in [0.15, 0.2) is 36.4 Å². The van der Waals surface area contributed by atoms with Crippen molar-refractivity contribution in [3.63, 3.8) is 0 Å². The van der Waals surface area contributed by atoms with Crippen LogP contribution in [-0.2, 0) is 0 Å². The molecule has 3 aromatic rings. The number of aromatic nitrogens is 2. The summed E-state index contributed by atoms with van der Waals surface area (Å²) in [6, 6.07) is 10.9. The molecular formula is C15H14FN3S. The zero-order valence-electron chi connectivity index (χ0n) is 11.2. The van der Waals surface area contributed by atoms with E-state index in [4.69, 9.17) is 0 Å². The molecule has 0 atom stereocenters. The summed E-state index contributed by atoms with van der Waals surface area (Å²) in [5.41, 5.74) is 0.857. The lowest BCUT2D eigenvalue weighted by molar-refractivity contribution is 0.640. The maximum Gasteiger partial charge on any atom is 0.203 e. The van der Waals surface area contributed by atoms with Gasteiger partial charge in [-0.1, -0.05) is 24.3 Å². The second-order valence-corrected chi connectivity index (χ2v) is 5.61. The topological polar surface area (TPSA) is 37.8 Å². The fourth-order valence-electron chi connectivity index (χ4n) is 2.10. The van der Waals surface area contributed by atoms with Crippen LogP contribution in [0.2, 0.25) is 0 Å². The van der Waals surface area contributed by atoms with Gasteiger partial charge in [-0.15, -0.1) is 0 Å². The minimum atomic E-state index is -0.222. The third-order valence-electron chi connectivity index (χ3n) is 2.95. The van der Waals surface area contributed by atoms with Crippen molar-refractivity contribution in [2.45, 2.75) is 19.9 Å². The average Bonchev–Trinajstić information content (AvgIpc) is 2.87. The van der Waals surface area contributed by atoms with Crippen LogP contribution >= 0.6 is 11.5 Å². The second-order valence-electron chi connectivity index (χ2n) is 4.86. The fraction of sp³-hybridized carbons (Fsp3) is 0.200. The number of nitrogens with zero attached hydrogens (tertiary/aromatic N) is 2. The largest absolute Gasteiger partial charge is 0.358 e. The number of anilines is 1. The summed E-state index contributed by atoms with van der Waals surface area (Å²) in [7, 11) is 0. The molecule has 102 valence electrons. The Kier molecular flexibility index (Phi) is 3.36. The molecule has 3 nitrogen and oxygen atoms in total. The highest BCUT2D eigenvalue weighted by Crippen LogP contribution is 2.30. The van der Waals surface area contributed by atoms with Gasteiger partial charge in [0.15, 0.2) is 5.82 Å². The van der Waals surface area contributed by atoms with Crippen LogP contribution in [0.1, 0.15) is 13.8 Å². The highest BCUT2D eigenvalue weighted by Gasteiger charge is 2.12. The first-order valence-corrected chi connectivity index (χ1v) is 7.20. The number of fused-ring (bicyclic) bond motifs is 1. The zero-order chi connectivity index (χ0) is 14.1. The molecule has 2 aromatic carbocycles. The quantitative estimate of drug-likeness (QED) is 0.779. The van der Waals surface area contributed by atoms with Crippen molar-refractivity contribution in [3.05, 3.63) is 42.2 Å². The Morgan fingerprint density at radius 2 is 1.85 bits per heavy atom. The predicted octanol–water partition coefficient (Wildman–Crippen LogP) is 4.32. The normalized spacial score (nSPS) is 11.2. The molecule has 0 aliphatic carbocycles. The van der Waals surface area contributed by atoms with Gasteiger partial charge in [0, 0.05) is 28.5 Å². The van der Waals surface area contributed by atoms with E-state index in [9.17, 15) is 4.39 Å². The minimum absolute atomic E-state index is 0.222. The van der Waals surface area contributed by atoms with Crippen LogP contribution in [0.5, 0.6) is 0 Å². The van der Waals surface area contributed by atoms with E-state index in [2.05, 4.69) is 14.7 Å². The minimum Gasteiger partial charge on any atom is -0.358 e. The monoisotopic (exact) mass is 287 g/mol. The van der Waals surface area contributed by atoms with Gasteiger partial charge >= 0.3 is 0 Å². The molecule has 1 aromatic heterocycles. The van der Waals surface area contributed by atoms with E-state index in [-0.39, 0.29) is 5.82 Å². The van der Waals surface area contributed by atoms with Crippen molar-refractivity contribution >= 4 is 27.4 Å².